The van der Waals surface area contributed by atoms with E-state index in [1.165, 1.54) is 16.5 Å². The summed E-state index contributed by atoms with van der Waals surface area (Å²) in [6.45, 7) is 2.62. The number of aromatic hydroxyl groups is 1. The molecule has 0 aliphatic carbocycles. The fraction of sp³-hybridized carbons (Fsp3) is 0.174. The van der Waals surface area contributed by atoms with Gasteiger partial charge in [0.1, 0.15) is 22.7 Å². The van der Waals surface area contributed by atoms with E-state index in [1.54, 1.807) is 35.9 Å². The van der Waals surface area contributed by atoms with Gasteiger partial charge in [-0.3, -0.25) is 4.79 Å². The molecule has 1 aliphatic rings. The zero-order valence-corrected chi connectivity index (χ0v) is 17.0. The van der Waals surface area contributed by atoms with Gasteiger partial charge in [-0.05, 0) is 29.8 Å². The van der Waals surface area contributed by atoms with Crippen LogP contribution in [0.3, 0.4) is 0 Å². The van der Waals surface area contributed by atoms with Crippen LogP contribution in [0.2, 0.25) is 0 Å². The second kappa shape index (κ2) is 7.76. The van der Waals surface area contributed by atoms with Gasteiger partial charge in [-0.1, -0.05) is 36.4 Å². The molecule has 6 nitrogen and oxygen atoms in total. The molecule has 0 atom stereocenters. The Morgan fingerprint density at radius 1 is 0.933 bits per heavy atom. The van der Waals surface area contributed by atoms with Gasteiger partial charge in [-0.15, -0.1) is 11.3 Å². The Labute approximate surface area is 178 Å². The van der Waals surface area contributed by atoms with Crippen molar-refractivity contribution < 1.29 is 9.90 Å². The zero-order valence-electron chi connectivity index (χ0n) is 16.2. The Kier molecular flexibility index (Phi) is 4.80. The molecule has 2 aromatic heterocycles. The minimum atomic E-state index is -0.0553. The van der Waals surface area contributed by atoms with Crippen LogP contribution >= 0.6 is 11.3 Å². The number of rotatable bonds is 3. The van der Waals surface area contributed by atoms with Gasteiger partial charge in [0.2, 0.25) is 0 Å². The number of benzene rings is 2. The highest BCUT2D eigenvalue weighted by Gasteiger charge is 2.24. The summed E-state index contributed by atoms with van der Waals surface area (Å²) in [5, 5.41) is 10.7. The molecule has 3 heterocycles. The average molecular weight is 417 g/mol. The van der Waals surface area contributed by atoms with Gasteiger partial charge in [-0.2, -0.15) is 0 Å². The minimum absolute atomic E-state index is 0.0553. The molecule has 5 rings (SSSR count). The first-order valence-corrected chi connectivity index (χ1v) is 10.6. The standard InChI is InChI=1S/C23H20N4O2S/c28-18-8-4-7-17(13-18)23(29)27-11-9-26(10-12-27)21-19-14-20(16-5-2-1-3-6-16)30-22(19)25-15-24-21/h1-8,13-15,28H,9-12H2. The summed E-state index contributed by atoms with van der Waals surface area (Å²) in [4.78, 5) is 28.0. The predicted octanol–water partition coefficient (Wildman–Crippen LogP) is 4.03. The summed E-state index contributed by atoms with van der Waals surface area (Å²) in [7, 11) is 0. The van der Waals surface area contributed by atoms with Crippen molar-refractivity contribution in [2.45, 2.75) is 0 Å². The quantitative estimate of drug-likeness (QED) is 0.546. The lowest BCUT2D eigenvalue weighted by molar-refractivity contribution is 0.0746. The van der Waals surface area contributed by atoms with E-state index in [0.29, 0.717) is 31.7 Å². The molecule has 1 N–H and O–H groups in total. The van der Waals surface area contributed by atoms with Gasteiger partial charge in [0.05, 0.1) is 5.39 Å². The third-order valence-corrected chi connectivity index (χ3v) is 6.42. The number of piperazine rings is 1. The van der Waals surface area contributed by atoms with E-state index in [2.05, 4.69) is 33.1 Å². The number of phenolic OH excluding ortho intramolecular Hbond substituents is 1. The first-order valence-electron chi connectivity index (χ1n) is 9.82. The van der Waals surface area contributed by atoms with E-state index in [-0.39, 0.29) is 11.7 Å². The number of hydrogen-bond acceptors (Lipinski definition) is 6. The zero-order chi connectivity index (χ0) is 20.5. The van der Waals surface area contributed by atoms with Gasteiger partial charge in [0.25, 0.3) is 5.91 Å². The Bertz CT molecular complexity index is 1200. The monoisotopic (exact) mass is 416 g/mol. The number of carbonyl (C=O) groups excluding carboxylic acids is 1. The Balaban J connectivity index is 1.36. The molecule has 7 heteroatoms. The highest BCUT2D eigenvalue weighted by molar-refractivity contribution is 7.21. The third-order valence-electron chi connectivity index (χ3n) is 5.33. The maximum absolute atomic E-state index is 12.7. The normalized spacial score (nSPS) is 14.3. The number of fused-ring (bicyclic) bond motifs is 1. The molecule has 1 amide bonds. The van der Waals surface area contributed by atoms with Crippen LogP contribution in [0.5, 0.6) is 5.75 Å². The maximum atomic E-state index is 12.7. The number of hydrogen-bond donors (Lipinski definition) is 1. The lowest BCUT2D eigenvalue weighted by Gasteiger charge is -2.35. The number of thiophene rings is 1. The molecule has 0 radical (unpaired) electrons. The molecule has 4 aromatic rings. The number of nitrogens with zero attached hydrogens (tertiary/aromatic N) is 4. The molecule has 0 unspecified atom stereocenters. The summed E-state index contributed by atoms with van der Waals surface area (Å²) >= 11 is 1.67. The first kappa shape index (κ1) is 18.6. The SMILES string of the molecule is O=C(c1cccc(O)c1)N1CCN(c2ncnc3sc(-c4ccccc4)cc23)CC1. The summed E-state index contributed by atoms with van der Waals surface area (Å²) < 4.78 is 0. The predicted molar refractivity (Wildman–Crippen MR) is 119 cm³/mol. The van der Waals surface area contributed by atoms with Crippen LogP contribution in [0.25, 0.3) is 20.7 Å². The van der Waals surface area contributed by atoms with Crippen LogP contribution in [0.4, 0.5) is 5.82 Å². The molecular formula is C23H20N4O2S. The first-order chi connectivity index (χ1) is 14.7. The van der Waals surface area contributed by atoms with Crippen LogP contribution < -0.4 is 4.90 Å². The highest BCUT2D eigenvalue weighted by Crippen LogP contribution is 2.36. The Morgan fingerprint density at radius 2 is 1.73 bits per heavy atom. The van der Waals surface area contributed by atoms with Crippen LogP contribution in [0.15, 0.2) is 67.0 Å². The lowest BCUT2D eigenvalue weighted by atomic mass is 10.1. The second-order valence-electron chi connectivity index (χ2n) is 7.22. The van der Waals surface area contributed by atoms with E-state index in [0.717, 1.165) is 16.0 Å². The summed E-state index contributed by atoms with van der Waals surface area (Å²) in [6, 6.07) is 19.0. The molecular weight excluding hydrogens is 396 g/mol. The van der Waals surface area contributed by atoms with E-state index in [9.17, 15) is 9.90 Å². The van der Waals surface area contributed by atoms with Gasteiger partial charge in [0.15, 0.2) is 0 Å². The number of amides is 1. The number of phenols is 1. The smallest absolute Gasteiger partial charge is 0.254 e. The van der Waals surface area contributed by atoms with Gasteiger partial charge in [-0.25, -0.2) is 9.97 Å². The Hall–Kier alpha value is -3.45. The molecule has 150 valence electrons. The van der Waals surface area contributed by atoms with E-state index < -0.39 is 0 Å². The third kappa shape index (κ3) is 3.48. The molecule has 1 saturated heterocycles. The van der Waals surface area contributed by atoms with Crippen LogP contribution in [-0.2, 0) is 0 Å². The maximum Gasteiger partial charge on any atom is 0.254 e. The molecule has 0 saturated carbocycles. The number of aromatic nitrogens is 2. The van der Waals surface area contributed by atoms with Crippen molar-refractivity contribution in [2.24, 2.45) is 0 Å². The topological polar surface area (TPSA) is 69.6 Å². The van der Waals surface area contributed by atoms with Crippen molar-refractivity contribution in [1.82, 2.24) is 14.9 Å². The fourth-order valence-corrected chi connectivity index (χ4v) is 4.78. The summed E-state index contributed by atoms with van der Waals surface area (Å²) in [5.41, 5.74) is 1.69. The second-order valence-corrected chi connectivity index (χ2v) is 8.25. The van der Waals surface area contributed by atoms with Gasteiger partial charge < -0.3 is 14.9 Å². The number of carbonyl (C=O) groups is 1. The van der Waals surface area contributed by atoms with E-state index >= 15 is 0 Å². The van der Waals surface area contributed by atoms with Crippen molar-refractivity contribution in [1.29, 1.82) is 0 Å². The lowest BCUT2D eigenvalue weighted by Crippen LogP contribution is -2.49. The van der Waals surface area contributed by atoms with Crippen LogP contribution in [-0.4, -0.2) is 52.1 Å². The van der Waals surface area contributed by atoms with Crippen LogP contribution in [0, 0.1) is 0 Å². The summed E-state index contributed by atoms with van der Waals surface area (Å²) in [6.07, 6.45) is 1.62. The minimum Gasteiger partial charge on any atom is -0.508 e. The molecule has 30 heavy (non-hydrogen) atoms. The molecule has 0 spiro atoms. The van der Waals surface area contributed by atoms with Crippen molar-refractivity contribution in [2.75, 3.05) is 31.1 Å². The summed E-state index contributed by atoms with van der Waals surface area (Å²) in [5.74, 6) is 0.970. The van der Waals surface area contributed by atoms with Crippen molar-refractivity contribution in [3.8, 4) is 16.2 Å². The van der Waals surface area contributed by atoms with Crippen molar-refractivity contribution in [3.05, 3.63) is 72.6 Å². The highest BCUT2D eigenvalue weighted by atomic mass is 32.1. The van der Waals surface area contributed by atoms with E-state index in [1.807, 2.05) is 23.1 Å². The van der Waals surface area contributed by atoms with Crippen molar-refractivity contribution >= 4 is 33.3 Å². The molecule has 2 aromatic carbocycles. The largest absolute Gasteiger partial charge is 0.508 e. The molecule has 1 fully saturated rings. The van der Waals surface area contributed by atoms with Gasteiger partial charge >= 0.3 is 0 Å². The van der Waals surface area contributed by atoms with Crippen molar-refractivity contribution in [3.63, 3.8) is 0 Å². The Morgan fingerprint density at radius 3 is 2.50 bits per heavy atom. The number of anilines is 1. The van der Waals surface area contributed by atoms with Gasteiger partial charge in [0, 0.05) is 36.6 Å². The fourth-order valence-electron chi connectivity index (χ4n) is 3.78. The molecule has 0 bridgehead atoms. The molecule has 1 aliphatic heterocycles. The average Bonchev–Trinajstić information content (AvgIpc) is 3.24. The van der Waals surface area contributed by atoms with Crippen LogP contribution in [0.1, 0.15) is 10.4 Å². The van der Waals surface area contributed by atoms with E-state index in [4.69, 9.17) is 0 Å².